The highest BCUT2D eigenvalue weighted by atomic mass is 32.2. The topological polar surface area (TPSA) is 118 Å². The van der Waals surface area contributed by atoms with Crippen LogP contribution in [0.15, 0.2) is 30.3 Å². The highest BCUT2D eigenvalue weighted by Gasteiger charge is 2.34. The van der Waals surface area contributed by atoms with Crippen LogP contribution < -0.4 is 0 Å². The third kappa shape index (κ3) is 6.68. The molecule has 1 aromatic rings. The van der Waals surface area contributed by atoms with Crippen molar-refractivity contribution in [1.29, 1.82) is 0 Å². The molecule has 0 heterocycles. The number of hydrogen-bond donors (Lipinski definition) is 2. The Morgan fingerprint density at radius 2 is 1.77 bits per heavy atom. The van der Waals surface area contributed by atoms with Crippen LogP contribution in [0.1, 0.15) is 24.8 Å². The van der Waals surface area contributed by atoms with Crippen molar-refractivity contribution in [3.63, 3.8) is 0 Å². The number of esters is 1. The minimum absolute atomic E-state index is 0.0305. The predicted molar refractivity (Wildman–Crippen MR) is 77.9 cm³/mol. The summed E-state index contributed by atoms with van der Waals surface area (Å²) in [5.41, 5.74) is 1.13. The number of hydrogen-bond acceptors (Lipinski definition) is 5. The highest BCUT2D eigenvalue weighted by Crippen LogP contribution is 2.09. The smallest absolute Gasteiger partial charge is 0.327 e. The van der Waals surface area contributed by atoms with Crippen molar-refractivity contribution in [2.24, 2.45) is 0 Å². The van der Waals surface area contributed by atoms with E-state index in [4.69, 9.17) is 14.4 Å². The lowest BCUT2D eigenvalue weighted by Crippen LogP contribution is -2.34. The van der Waals surface area contributed by atoms with E-state index in [1.54, 1.807) is 0 Å². The number of rotatable bonds is 9. The molecule has 0 amide bonds. The Kier molecular flexibility index (Phi) is 7.00. The molecule has 0 fully saturated rings. The van der Waals surface area contributed by atoms with Crippen LogP contribution in [0.2, 0.25) is 0 Å². The van der Waals surface area contributed by atoms with Crippen LogP contribution in [-0.2, 0) is 30.9 Å². The molecule has 1 rings (SSSR count). The molecule has 0 saturated carbocycles. The molecule has 0 aromatic heterocycles. The number of aliphatic carboxylic acids is 1. The highest BCUT2D eigenvalue weighted by molar-refractivity contribution is 7.87. The molecule has 8 heteroatoms. The third-order valence-corrected chi connectivity index (χ3v) is 4.01. The second-order valence-electron chi connectivity index (χ2n) is 4.71. The molecular formula is C14H18O7S. The first-order chi connectivity index (χ1) is 10.3. The van der Waals surface area contributed by atoms with Crippen molar-refractivity contribution in [3.05, 3.63) is 35.9 Å². The van der Waals surface area contributed by atoms with E-state index in [9.17, 15) is 18.0 Å². The Labute approximate surface area is 128 Å². The van der Waals surface area contributed by atoms with Gasteiger partial charge in [0.05, 0.1) is 13.0 Å². The zero-order valence-electron chi connectivity index (χ0n) is 11.8. The zero-order chi connectivity index (χ0) is 16.6. The maximum Gasteiger partial charge on any atom is 0.327 e. The fourth-order valence-electron chi connectivity index (χ4n) is 1.81. The number of unbranched alkanes of at least 4 members (excludes halogenated alkanes) is 1. The Bertz CT molecular complexity index is 595. The summed E-state index contributed by atoms with van der Waals surface area (Å²) in [6.07, 6.45) is 0.996. The molecule has 1 atom stereocenters. The van der Waals surface area contributed by atoms with Crippen molar-refractivity contribution in [2.75, 3.05) is 6.61 Å². The molecule has 1 aromatic carbocycles. The van der Waals surface area contributed by atoms with E-state index in [2.05, 4.69) is 0 Å². The number of carbonyl (C=O) groups excluding carboxylic acids is 1. The van der Waals surface area contributed by atoms with Crippen molar-refractivity contribution in [2.45, 2.75) is 30.9 Å². The fraction of sp³-hybridized carbons (Fsp3) is 0.429. The Hall–Kier alpha value is -1.93. The molecule has 0 radical (unpaired) electrons. The molecule has 0 saturated heterocycles. The van der Waals surface area contributed by atoms with Crippen LogP contribution in [0.5, 0.6) is 0 Å². The number of carboxylic acids is 1. The summed E-state index contributed by atoms with van der Waals surface area (Å²) in [5.74, 6) is -2.76. The van der Waals surface area contributed by atoms with Gasteiger partial charge in [-0.25, -0.2) is 0 Å². The Morgan fingerprint density at radius 3 is 2.32 bits per heavy atom. The number of carboxylic acid groups (broad SMARTS) is 1. The zero-order valence-corrected chi connectivity index (χ0v) is 12.7. The number of benzene rings is 1. The van der Waals surface area contributed by atoms with Crippen molar-refractivity contribution >= 4 is 22.1 Å². The van der Waals surface area contributed by atoms with E-state index in [-0.39, 0.29) is 6.61 Å². The maximum atomic E-state index is 11.5. The molecule has 22 heavy (non-hydrogen) atoms. The van der Waals surface area contributed by atoms with Crippen molar-refractivity contribution in [1.82, 2.24) is 0 Å². The molecule has 0 aliphatic carbocycles. The average Bonchev–Trinajstić information content (AvgIpc) is 2.44. The molecule has 122 valence electrons. The summed E-state index contributed by atoms with van der Waals surface area (Å²) >= 11 is 0. The van der Waals surface area contributed by atoms with Gasteiger partial charge in [-0.05, 0) is 24.8 Å². The summed E-state index contributed by atoms with van der Waals surface area (Å²) in [6.45, 7) is -0.0305. The number of aryl methyl sites for hydroxylation is 1. The minimum Gasteiger partial charge on any atom is -0.481 e. The van der Waals surface area contributed by atoms with Crippen molar-refractivity contribution < 1.29 is 32.4 Å². The van der Waals surface area contributed by atoms with E-state index >= 15 is 0 Å². The van der Waals surface area contributed by atoms with Gasteiger partial charge in [-0.2, -0.15) is 8.42 Å². The summed E-state index contributed by atoms with van der Waals surface area (Å²) < 4.78 is 35.5. The first kappa shape index (κ1) is 18.1. The van der Waals surface area contributed by atoms with Crippen LogP contribution in [0, 0.1) is 0 Å². The molecule has 0 aliphatic rings. The van der Waals surface area contributed by atoms with Gasteiger partial charge in [0.25, 0.3) is 10.1 Å². The first-order valence-corrected chi connectivity index (χ1v) is 8.19. The minimum atomic E-state index is -4.80. The van der Waals surface area contributed by atoms with E-state index in [0.717, 1.165) is 18.4 Å². The monoisotopic (exact) mass is 330 g/mol. The third-order valence-electron chi connectivity index (χ3n) is 2.93. The van der Waals surface area contributed by atoms with Crippen LogP contribution in [0.4, 0.5) is 0 Å². The summed E-state index contributed by atoms with van der Waals surface area (Å²) in [7, 11) is -4.80. The normalized spacial score (nSPS) is 12.6. The summed E-state index contributed by atoms with van der Waals surface area (Å²) in [5, 5.41) is 6.46. The summed E-state index contributed by atoms with van der Waals surface area (Å²) in [4.78, 5) is 22.0. The molecule has 1 unspecified atom stereocenters. The van der Waals surface area contributed by atoms with E-state index in [1.807, 2.05) is 30.3 Å². The van der Waals surface area contributed by atoms with E-state index in [0.29, 0.717) is 6.42 Å². The largest absolute Gasteiger partial charge is 0.481 e. The second-order valence-corrected chi connectivity index (χ2v) is 6.31. The molecule has 2 N–H and O–H groups in total. The lowest BCUT2D eigenvalue weighted by Gasteiger charge is -2.11. The van der Waals surface area contributed by atoms with E-state index < -0.39 is 33.7 Å². The summed E-state index contributed by atoms with van der Waals surface area (Å²) in [6, 6.07) is 9.67. The van der Waals surface area contributed by atoms with Gasteiger partial charge < -0.3 is 9.84 Å². The molecule has 0 bridgehead atoms. The van der Waals surface area contributed by atoms with Gasteiger partial charge in [0.1, 0.15) is 0 Å². The van der Waals surface area contributed by atoms with Crippen LogP contribution in [0.25, 0.3) is 0 Å². The van der Waals surface area contributed by atoms with Crippen LogP contribution >= 0.6 is 0 Å². The first-order valence-electron chi connectivity index (χ1n) is 6.69. The van der Waals surface area contributed by atoms with Gasteiger partial charge >= 0.3 is 11.9 Å². The van der Waals surface area contributed by atoms with Gasteiger partial charge in [0.15, 0.2) is 5.25 Å². The van der Waals surface area contributed by atoms with Gasteiger partial charge in [-0.3, -0.25) is 14.1 Å². The van der Waals surface area contributed by atoms with E-state index in [1.165, 1.54) is 0 Å². The van der Waals surface area contributed by atoms with Crippen molar-refractivity contribution in [3.8, 4) is 0 Å². The standard InChI is InChI=1S/C14H18O7S/c15-13(16)10-12(22(18,19)20)14(17)21-9-5-4-8-11-6-2-1-3-7-11/h1-3,6-7,12H,4-5,8-10H2,(H,15,16)(H,18,19,20). The average molecular weight is 330 g/mol. The Morgan fingerprint density at radius 1 is 1.14 bits per heavy atom. The predicted octanol–water partition coefficient (Wildman–Crippen LogP) is 1.28. The number of ether oxygens (including phenoxy) is 1. The molecule has 7 nitrogen and oxygen atoms in total. The molecular weight excluding hydrogens is 312 g/mol. The quantitative estimate of drug-likeness (QED) is 0.398. The lowest BCUT2D eigenvalue weighted by atomic mass is 10.1. The van der Waals surface area contributed by atoms with Crippen LogP contribution in [0.3, 0.4) is 0 Å². The van der Waals surface area contributed by atoms with Gasteiger partial charge in [0, 0.05) is 0 Å². The van der Waals surface area contributed by atoms with Gasteiger partial charge in [-0.15, -0.1) is 0 Å². The molecule has 0 aliphatic heterocycles. The second kappa shape index (κ2) is 8.50. The van der Waals surface area contributed by atoms with Gasteiger partial charge in [0.2, 0.25) is 0 Å². The SMILES string of the molecule is O=C(O)CC(C(=O)OCCCCc1ccccc1)S(=O)(=O)O. The maximum absolute atomic E-state index is 11.5. The molecule has 0 spiro atoms. The van der Waals surface area contributed by atoms with Gasteiger partial charge in [-0.1, -0.05) is 30.3 Å². The fourth-order valence-corrected chi connectivity index (χ4v) is 2.47. The van der Waals surface area contributed by atoms with Crippen LogP contribution in [-0.4, -0.2) is 41.9 Å². The Balaban J connectivity index is 2.36. The lowest BCUT2D eigenvalue weighted by molar-refractivity contribution is -0.147. The number of carbonyl (C=O) groups is 2.